The molecule has 2 saturated heterocycles. The number of benzene rings is 3. The van der Waals surface area contributed by atoms with E-state index >= 15 is 0 Å². The predicted octanol–water partition coefficient (Wildman–Crippen LogP) is 14.0. The van der Waals surface area contributed by atoms with E-state index in [-0.39, 0.29) is 64.3 Å². The first-order chi connectivity index (χ1) is 46.7. The highest BCUT2D eigenvalue weighted by Gasteiger charge is 2.55. The van der Waals surface area contributed by atoms with E-state index in [9.17, 15) is 45.5 Å². The topological polar surface area (TPSA) is 230 Å². The molecule has 11 aliphatic rings. The summed E-state index contributed by atoms with van der Waals surface area (Å²) in [5.41, 5.74) is 2.58. The van der Waals surface area contributed by atoms with Crippen LogP contribution in [0, 0.1) is 87.3 Å². The molecule has 7 heterocycles. The SMILES string of the molecule is N#Cc1cc(N2CCC(C(=O)N3N=CCC3c3cc(F)cc(F)c3)CC23CC3)ncn1.O=C(C1CCCC2(CC2)C1)N1N=CCC1c1cc(F)cc(F)c1.O=C(C1CCNC2(CC2)C1)N1N=CCC1c1cc(F)cc(F)c1.O=C(O)C1CCCC2(CC2)C1.[C-]#[N+]c1cc(Cl)ncn1. The Morgan fingerprint density at radius 2 is 1.00 bits per heavy atom. The molecule has 3 aromatic carbocycles. The number of hydrazone groups is 3. The molecule has 0 radical (unpaired) electrons. The number of nitriles is 1. The number of piperidine rings is 2. The van der Waals surface area contributed by atoms with Gasteiger partial charge >= 0.3 is 5.97 Å². The summed E-state index contributed by atoms with van der Waals surface area (Å²) >= 11 is 5.43. The molecule has 2 N–H and O–H groups in total. The summed E-state index contributed by atoms with van der Waals surface area (Å²) in [4.78, 5) is 70.5. The van der Waals surface area contributed by atoms with Crippen LogP contribution in [0.3, 0.4) is 0 Å². The fourth-order valence-electron chi connectivity index (χ4n) is 15.4. The van der Waals surface area contributed by atoms with Gasteiger partial charge in [-0.05, 0) is 186 Å². The number of nitrogens with zero attached hydrogens (tertiary/aromatic N) is 13. The number of nitrogens with one attached hydrogen (secondary N) is 1. The van der Waals surface area contributed by atoms with Crippen LogP contribution in [0.5, 0.6) is 0 Å². The van der Waals surface area contributed by atoms with Gasteiger partial charge in [0.15, 0.2) is 0 Å². The van der Waals surface area contributed by atoms with Crippen molar-refractivity contribution in [2.75, 3.05) is 18.0 Å². The van der Waals surface area contributed by atoms with Gasteiger partial charge in [0.25, 0.3) is 5.82 Å². The number of carbonyl (C=O) groups is 4. The molecule has 97 heavy (non-hydrogen) atoms. The molecule has 8 fully saturated rings. The van der Waals surface area contributed by atoms with Gasteiger partial charge in [0.05, 0.1) is 24.0 Å². The third kappa shape index (κ3) is 16.3. The summed E-state index contributed by atoms with van der Waals surface area (Å²) in [6.45, 7) is 7.99. The van der Waals surface area contributed by atoms with Crippen LogP contribution >= 0.6 is 11.6 Å². The number of rotatable bonds is 8. The molecular weight excluding hydrogens is 1280 g/mol. The number of hydrogen-bond acceptors (Lipinski definition) is 14. The van der Waals surface area contributed by atoms with Crippen LogP contribution < -0.4 is 10.2 Å². The highest BCUT2D eigenvalue weighted by molar-refractivity contribution is 6.29. The first kappa shape index (κ1) is 68.3. The van der Waals surface area contributed by atoms with Crippen molar-refractivity contribution >= 4 is 65.6 Å². The molecule has 6 aliphatic carbocycles. The maximum atomic E-state index is 13.7. The molecule has 0 bridgehead atoms. The Balaban J connectivity index is 0.000000123. The first-order valence-electron chi connectivity index (χ1n) is 33.4. The van der Waals surface area contributed by atoms with Crippen molar-refractivity contribution in [3.05, 3.63) is 153 Å². The zero-order valence-electron chi connectivity index (χ0n) is 53.5. The highest BCUT2D eigenvalue weighted by atomic mass is 35.5. The van der Waals surface area contributed by atoms with Crippen LogP contribution in [0.15, 0.2) is 94.7 Å². The molecule has 2 aromatic heterocycles. The lowest BCUT2D eigenvalue weighted by molar-refractivity contribution is -0.143. The Hall–Kier alpha value is -8.68. The first-order valence-corrected chi connectivity index (χ1v) is 33.8. The standard InChI is InChI=1S/C22H20F2N6O.C18H20F2N2O.C17H19F2N3O.C9H14O2.C5H2ClN3/c23-16-7-15(8-17(24)9-16)19-1-5-28-30(19)21(31)14-2-6-29(22(11-14)3-4-22)20-10-18(12-25)26-13-27-20;19-14-8-13(9-15(20)10-14)16-3-7-21-22(16)17(23)12-2-1-4-18(11-12)5-6-18;18-13-7-12(8-14(19)9-13)15-2-6-21-22(15)16(23)11-1-5-20-17(10-11)3-4-17;10-8(11)7-2-1-3-9(6-7)4-5-9;1-7-5-2-4(6)8-3-9-5/h5,7-10,13-14,19H,1-4,6,11H2;7-10,12,16H,1-6,11H2;6-9,11,15,20H,1-5,10H2;7H,1-6H2,(H,10,11);2-3H. The van der Waals surface area contributed by atoms with Crippen molar-refractivity contribution < 1.29 is 50.6 Å². The van der Waals surface area contributed by atoms with E-state index in [2.05, 4.69) is 50.3 Å². The average Bonchev–Trinajstić information content (AvgIpc) is 1.61. The number of aromatic nitrogens is 4. The minimum Gasteiger partial charge on any atom is -0.481 e. The Bertz CT molecular complexity index is 3810. The maximum Gasteiger partial charge on any atom is 0.306 e. The molecule has 5 aromatic rings. The molecule has 6 saturated carbocycles. The number of carbonyl (C=O) groups excluding carboxylic acids is 3. The zero-order chi connectivity index (χ0) is 68.2. The quantitative estimate of drug-likeness (QED) is 0.0839. The monoisotopic (exact) mass is 1350 g/mol. The van der Waals surface area contributed by atoms with Crippen molar-refractivity contribution in [2.24, 2.45) is 49.8 Å². The normalized spacial score (nSPS) is 25.6. The average molecular weight is 1350 g/mol. The van der Waals surface area contributed by atoms with Gasteiger partial charge in [0, 0.05) is 104 Å². The number of amides is 3. The van der Waals surface area contributed by atoms with Gasteiger partial charge in [-0.1, -0.05) is 31.0 Å². The Kier molecular flexibility index (Phi) is 20.3. The summed E-state index contributed by atoms with van der Waals surface area (Å²) in [5.74, 6) is -3.85. The Morgan fingerprint density at radius 1 is 0.546 bits per heavy atom. The van der Waals surface area contributed by atoms with E-state index in [1.807, 2.05) is 6.07 Å². The van der Waals surface area contributed by atoms with Crippen LogP contribution in [-0.4, -0.2) is 107 Å². The van der Waals surface area contributed by atoms with Crippen LogP contribution in [0.4, 0.5) is 38.0 Å². The second kappa shape index (κ2) is 28.8. The zero-order valence-corrected chi connectivity index (χ0v) is 54.3. The van der Waals surface area contributed by atoms with Gasteiger partial charge in [-0.25, -0.2) is 56.3 Å². The molecule has 19 nitrogen and oxygen atoms in total. The molecule has 26 heteroatoms. The fraction of sp³-hybridized carbons (Fsp3) is 0.507. The lowest BCUT2D eigenvalue weighted by atomic mass is 9.78. The van der Waals surface area contributed by atoms with Crippen molar-refractivity contribution in [3.8, 4) is 6.07 Å². The number of aliphatic carboxylic acids is 1. The molecule has 7 unspecified atom stereocenters. The maximum absolute atomic E-state index is 13.7. The molecule has 5 aliphatic heterocycles. The van der Waals surface area contributed by atoms with Crippen LogP contribution in [0.25, 0.3) is 4.85 Å². The van der Waals surface area contributed by atoms with Gasteiger partial charge in [-0.3, -0.25) is 19.2 Å². The minimum atomic E-state index is -0.666. The molecule has 508 valence electrons. The molecular formula is C71H75ClF6N14O5. The Labute approximate surface area is 563 Å². The lowest BCUT2D eigenvalue weighted by Crippen LogP contribution is -2.48. The van der Waals surface area contributed by atoms with Crippen LogP contribution in [-0.2, 0) is 19.2 Å². The smallest absolute Gasteiger partial charge is 0.306 e. The summed E-state index contributed by atoms with van der Waals surface area (Å²) in [6.07, 6.45) is 29.6. The largest absolute Gasteiger partial charge is 0.481 e. The van der Waals surface area contributed by atoms with Crippen molar-refractivity contribution in [2.45, 2.75) is 177 Å². The van der Waals surface area contributed by atoms with Gasteiger partial charge < -0.3 is 20.2 Å². The second-order valence-electron chi connectivity index (χ2n) is 27.9. The van der Waals surface area contributed by atoms with Crippen LogP contribution in [0.2, 0.25) is 5.15 Å². The molecule has 16 rings (SSSR count). The Morgan fingerprint density at radius 3 is 1.42 bits per heavy atom. The predicted molar refractivity (Wildman–Crippen MR) is 347 cm³/mol. The second-order valence-corrected chi connectivity index (χ2v) is 28.3. The summed E-state index contributed by atoms with van der Waals surface area (Å²) in [6, 6.07) is 14.0. The van der Waals surface area contributed by atoms with E-state index < -0.39 is 53.0 Å². The minimum absolute atomic E-state index is 0.00223. The number of carboxylic acid groups (broad SMARTS) is 1. The van der Waals surface area contributed by atoms with Gasteiger partial charge in [-0.2, -0.15) is 20.6 Å². The number of halogens is 7. The van der Waals surface area contributed by atoms with Crippen molar-refractivity contribution in [1.29, 1.82) is 5.26 Å². The highest BCUT2D eigenvalue weighted by Crippen LogP contribution is 2.59. The van der Waals surface area contributed by atoms with Crippen molar-refractivity contribution in [3.63, 3.8) is 0 Å². The van der Waals surface area contributed by atoms with E-state index in [0.29, 0.717) is 82.8 Å². The summed E-state index contributed by atoms with van der Waals surface area (Å²) in [7, 11) is 0. The van der Waals surface area contributed by atoms with E-state index in [4.69, 9.17) is 28.5 Å². The fourth-order valence-corrected chi connectivity index (χ4v) is 15.5. The van der Waals surface area contributed by atoms with Gasteiger partial charge in [-0.15, -0.1) is 4.98 Å². The molecule has 3 amide bonds. The van der Waals surface area contributed by atoms with E-state index in [1.165, 1.54) is 109 Å². The third-order valence-corrected chi connectivity index (χ3v) is 21.4. The van der Waals surface area contributed by atoms with Crippen LogP contribution in [0.1, 0.15) is 188 Å². The number of anilines is 1. The third-order valence-electron chi connectivity index (χ3n) is 21.2. The van der Waals surface area contributed by atoms with Gasteiger partial charge in [0.2, 0.25) is 24.0 Å². The lowest BCUT2D eigenvalue weighted by Gasteiger charge is -2.41. The van der Waals surface area contributed by atoms with Crippen molar-refractivity contribution in [1.82, 2.24) is 40.3 Å². The summed E-state index contributed by atoms with van der Waals surface area (Å²) in [5, 5.41) is 38.6. The number of carboxylic acids is 1. The van der Waals surface area contributed by atoms with E-state index in [0.717, 1.165) is 102 Å². The molecule has 7 atom stereocenters. The molecule has 4 spiro atoms. The van der Waals surface area contributed by atoms with E-state index in [1.54, 1.807) is 24.7 Å². The number of hydrogen-bond donors (Lipinski definition) is 2. The van der Waals surface area contributed by atoms with Gasteiger partial charge in [0.1, 0.15) is 64.0 Å². The summed E-state index contributed by atoms with van der Waals surface area (Å²) < 4.78 is 81.4.